The zero-order chi connectivity index (χ0) is 13.1. The van der Waals surface area contributed by atoms with Gasteiger partial charge in [0.25, 0.3) is 0 Å². The van der Waals surface area contributed by atoms with Gasteiger partial charge >= 0.3 is 0 Å². The number of rotatable bonds is 3. The SMILES string of the molecule is NNC(c1ccc(Cl)cc1)c1cc(Br)ccc1I. The summed E-state index contributed by atoms with van der Waals surface area (Å²) in [6.45, 7) is 0. The molecule has 1 atom stereocenters. The first-order chi connectivity index (χ1) is 8.61. The minimum atomic E-state index is -0.0494. The Labute approximate surface area is 133 Å². The van der Waals surface area contributed by atoms with Gasteiger partial charge in [-0.25, -0.2) is 5.43 Å². The summed E-state index contributed by atoms with van der Waals surface area (Å²) in [5.41, 5.74) is 5.07. The summed E-state index contributed by atoms with van der Waals surface area (Å²) in [7, 11) is 0. The molecule has 0 amide bonds. The quantitative estimate of drug-likeness (QED) is 0.428. The number of benzene rings is 2. The molecule has 0 radical (unpaired) electrons. The van der Waals surface area contributed by atoms with Gasteiger partial charge < -0.3 is 0 Å². The molecule has 2 rings (SSSR count). The van der Waals surface area contributed by atoms with Crippen molar-refractivity contribution in [1.29, 1.82) is 0 Å². The smallest absolute Gasteiger partial charge is 0.0720 e. The van der Waals surface area contributed by atoms with E-state index in [2.05, 4.69) is 56.1 Å². The predicted molar refractivity (Wildman–Crippen MR) is 87.5 cm³/mol. The van der Waals surface area contributed by atoms with Crippen molar-refractivity contribution in [3.8, 4) is 0 Å². The Bertz CT molecular complexity index is 545. The Kier molecular flexibility index (Phi) is 5.03. The molecule has 18 heavy (non-hydrogen) atoms. The van der Waals surface area contributed by atoms with Crippen LogP contribution >= 0.6 is 50.1 Å². The Morgan fingerprint density at radius 2 is 1.83 bits per heavy atom. The van der Waals surface area contributed by atoms with Gasteiger partial charge in [-0.15, -0.1) is 0 Å². The van der Waals surface area contributed by atoms with Crippen LogP contribution in [-0.4, -0.2) is 0 Å². The second kappa shape index (κ2) is 6.34. The molecule has 1 unspecified atom stereocenters. The van der Waals surface area contributed by atoms with E-state index in [-0.39, 0.29) is 6.04 Å². The summed E-state index contributed by atoms with van der Waals surface area (Å²) in [6.07, 6.45) is 0. The summed E-state index contributed by atoms with van der Waals surface area (Å²) in [6, 6.07) is 13.8. The summed E-state index contributed by atoms with van der Waals surface area (Å²) < 4.78 is 2.20. The van der Waals surface area contributed by atoms with Gasteiger partial charge in [-0.3, -0.25) is 5.84 Å². The number of halogens is 3. The summed E-state index contributed by atoms with van der Waals surface area (Å²) in [4.78, 5) is 0. The Morgan fingerprint density at radius 3 is 2.44 bits per heavy atom. The molecule has 0 aliphatic rings. The van der Waals surface area contributed by atoms with E-state index in [1.807, 2.05) is 30.3 Å². The lowest BCUT2D eigenvalue weighted by atomic mass is 9.99. The van der Waals surface area contributed by atoms with Gasteiger partial charge in [0, 0.05) is 13.1 Å². The number of hydrogen-bond acceptors (Lipinski definition) is 2. The fraction of sp³-hybridized carbons (Fsp3) is 0.0769. The topological polar surface area (TPSA) is 38.0 Å². The highest BCUT2D eigenvalue weighted by Crippen LogP contribution is 2.29. The molecule has 0 spiro atoms. The van der Waals surface area contributed by atoms with E-state index in [1.54, 1.807) is 0 Å². The second-order valence-electron chi connectivity index (χ2n) is 3.82. The fourth-order valence-corrected chi connectivity index (χ4v) is 2.91. The van der Waals surface area contributed by atoms with Crippen molar-refractivity contribution in [3.05, 3.63) is 66.7 Å². The third-order valence-electron chi connectivity index (χ3n) is 2.64. The first-order valence-electron chi connectivity index (χ1n) is 5.28. The van der Waals surface area contributed by atoms with Crippen LogP contribution in [-0.2, 0) is 0 Å². The molecule has 2 aromatic carbocycles. The van der Waals surface area contributed by atoms with Crippen molar-refractivity contribution in [3.63, 3.8) is 0 Å². The standard InChI is InChI=1S/C13H11BrClIN2/c14-9-3-6-12(16)11(7-9)13(18-17)8-1-4-10(15)5-2-8/h1-7,13,18H,17H2. The molecular weight excluding hydrogens is 426 g/mol. The lowest BCUT2D eigenvalue weighted by molar-refractivity contribution is 0.634. The van der Waals surface area contributed by atoms with Gasteiger partial charge in [0.15, 0.2) is 0 Å². The van der Waals surface area contributed by atoms with E-state index in [4.69, 9.17) is 17.4 Å². The highest BCUT2D eigenvalue weighted by molar-refractivity contribution is 14.1. The second-order valence-corrected chi connectivity index (χ2v) is 6.33. The third-order valence-corrected chi connectivity index (χ3v) is 4.37. The molecule has 0 saturated carbocycles. The highest BCUT2D eigenvalue weighted by atomic mass is 127. The lowest BCUT2D eigenvalue weighted by Gasteiger charge is -2.18. The van der Waals surface area contributed by atoms with E-state index in [0.29, 0.717) is 0 Å². The molecule has 0 saturated heterocycles. The largest absolute Gasteiger partial charge is 0.271 e. The first-order valence-corrected chi connectivity index (χ1v) is 7.53. The maximum Gasteiger partial charge on any atom is 0.0720 e. The molecule has 0 aromatic heterocycles. The van der Waals surface area contributed by atoms with Crippen molar-refractivity contribution >= 4 is 50.1 Å². The van der Waals surface area contributed by atoms with Gasteiger partial charge in [-0.1, -0.05) is 39.7 Å². The van der Waals surface area contributed by atoms with E-state index in [0.717, 1.165) is 24.2 Å². The predicted octanol–water partition coefficient (Wildman–Crippen LogP) is 4.26. The Morgan fingerprint density at radius 1 is 1.17 bits per heavy atom. The molecule has 2 aromatic rings. The average Bonchev–Trinajstić information content (AvgIpc) is 2.37. The summed E-state index contributed by atoms with van der Waals surface area (Å²) in [5, 5.41) is 0.721. The highest BCUT2D eigenvalue weighted by Gasteiger charge is 2.15. The van der Waals surface area contributed by atoms with Gasteiger partial charge in [0.2, 0.25) is 0 Å². The van der Waals surface area contributed by atoms with Gasteiger partial charge in [0.05, 0.1) is 6.04 Å². The Balaban J connectivity index is 2.44. The van der Waals surface area contributed by atoms with Crippen molar-refractivity contribution in [2.24, 2.45) is 5.84 Å². The monoisotopic (exact) mass is 436 g/mol. The molecule has 0 bridgehead atoms. The molecular formula is C13H11BrClIN2. The van der Waals surface area contributed by atoms with Crippen LogP contribution in [0.2, 0.25) is 5.02 Å². The normalized spacial score (nSPS) is 12.4. The molecule has 0 heterocycles. The Hall–Kier alpha value is -0.140. The van der Waals surface area contributed by atoms with Crippen LogP contribution in [0.3, 0.4) is 0 Å². The number of nitrogens with one attached hydrogen (secondary N) is 1. The third kappa shape index (κ3) is 3.24. The van der Waals surface area contributed by atoms with Gasteiger partial charge in [-0.2, -0.15) is 0 Å². The van der Waals surface area contributed by atoms with Crippen LogP contribution in [0.25, 0.3) is 0 Å². The van der Waals surface area contributed by atoms with Crippen molar-refractivity contribution in [2.75, 3.05) is 0 Å². The molecule has 5 heteroatoms. The van der Waals surface area contributed by atoms with Crippen molar-refractivity contribution in [2.45, 2.75) is 6.04 Å². The van der Waals surface area contributed by atoms with Crippen LogP contribution in [0.4, 0.5) is 0 Å². The van der Waals surface area contributed by atoms with E-state index in [1.165, 1.54) is 0 Å². The lowest BCUT2D eigenvalue weighted by Crippen LogP contribution is -2.29. The molecule has 0 aliphatic carbocycles. The maximum atomic E-state index is 5.90. The van der Waals surface area contributed by atoms with Crippen molar-refractivity contribution < 1.29 is 0 Å². The van der Waals surface area contributed by atoms with Gasteiger partial charge in [-0.05, 0) is 64.0 Å². The van der Waals surface area contributed by atoms with Crippen LogP contribution in [0.1, 0.15) is 17.2 Å². The summed E-state index contributed by atoms with van der Waals surface area (Å²) in [5.74, 6) is 5.69. The minimum absolute atomic E-state index is 0.0494. The molecule has 94 valence electrons. The summed E-state index contributed by atoms with van der Waals surface area (Å²) >= 11 is 11.7. The fourth-order valence-electron chi connectivity index (χ4n) is 1.76. The molecule has 2 nitrogen and oxygen atoms in total. The van der Waals surface area contributed by atoms with Crippen LogP contribution in [0.5, 0.6) is 0 Å². The van der Waals surface area contributed by atoms with Gasteiger partial charge in [0.1, 0.15) is 0 Å². The maximum absolute atomic E-state index is 5.90. The number of hydrazine groups is 1. The van der Waals surface area contributed by atoms with Crippen LogP contribution < -0.4 is 11.3 Å². The van der Waals surface area contributed by atoms with Crippen molar-refractivity contribution in [1.82, 2.24) is 5.43 Å². The zero-order valence-electron chi connectivity index (χ0n) is 9.33. The van der Waals surface area contributed by atoms with Crippen LogP contribution in [0.15, 0.2) is 46.9 Å². The molecule has 0 aliphatic heterocycles. The van der Waals surface area contributed by atoms with E-state index < -0.39 is 0 Å². The zero-order valence-corrected chi connectivity index (χ0v) is 13.8. The first kappa shape index (κ1) is 14.3. The van der Waals surface area contributed by atoms with E-state index in [9.17, 15) is 0 Å². The van der Waals surface area contributed by atoms with Crippen LogP contribution in [0, 0.1) is 3.57 Å². The average molecular weight is 438 g/mol. The number of nitrogens with two attached hydrogens (primary N) is 1. The number of hydrogen-bond donors (Lipinski definition) is 2. The molecule has 0 fully saturated rings. The van der Waals surface area contributed by atoms with E-state index >= 15 is 0 Å². The molecule has 3 N–H and O–H groups in total. The minimum Gasteiger partial charge on any atom is -0.271 e.